The molecule has 2 saturated carbocycles. The van der Waals surface area contributed by atoms with Gasteiger partial charge < -0.3 is 4.74 Å². The second-order valence-electron chi connectivity index (χ2n) is 8.54. The number of hydrogen-bond donors (Lipinski definition) is 0. The van der Waals surface area contributed by atoms with Gasteiger partial charge in [-0.1, -0.05) is 0 Å². The lowest BCUT2D eigenvalue weighted by atomic mass is 9.99. The maximum absolute atomic E-state index is 13.9. The first kappa shape index (κ1) is 19.0. The zero-order valence-corrected chi connectivity index (χ0v) is 17.1. The third-order valence-corrected chi connectivity index (χ3v) is 5.85. The van der Waals surface area contributed by atoms with Crippen LogP contribution < -0.4 is 0 Å². The van der Waals surface area contributed by atoms with E-state index in [9.17, 15) is 9.18 Å². The third-order valence-electron chi connectivity index (χ3n) is 5.85. The van der Waals surface area contributed by atoms with E-state index in [0.717, 1.165) is 30.1 Å². The largest absolute Gasteiger partial charge is 0.465 e. The second kappa shape index (κ2) is 7.70. The molecule has 2 heterocycles. The van der Waals surface area contributed by atoms with E-state index in [1.54, 1.807) is 6.07 Å². The lowest BCUT2D eigenvalue weighted by Gasteiger charge is -2.08. The Labute approximate surface area is 174 Å². The summed E-state index contributed by atoms with van der Waals surface area (Å²) in [4.78, 5) is 12.3. The second-order valence-corrected chi connectivity index (χ2v) is 8.54. The number of rotatable bonds is 8. The molecule has 0 N–H and O–H groups in total. The van der Waals surface area contributed by atoms with Gasteiger partial charge in [-0.05, 0) is 61.3 Å². The van der Waals surface area contributed by atoms with Crippen LogP contribution in [-0.4, -0.2) is 32.6 Å². The number of benzene rings is 1. The Bertz CT molecular complexity index is 1080. The van der Waals surface area contributed by atoms with Gasteiger partial charge >= 0.3 is 5.97 Å². The Morgan fingerprint density at radius 1 is 1.13 bits per heavy atom. The van der Waals surface area contributed by atoms with Crippen LogP contribution in [0.5, 0.6) is 0 Å². The Morgan fingerprint density at radius 2 is 1.87 bits per heavy atom. The number of esters is 1. The lowest BCUT2D eigenvalue weighted by Crippen LogP contribution is -2.06. The normalized spacial score (nSPS) is 16.1. The maximum atomic E-state index is 13.9. The van der Waals surface area contributed by atoms with Crippen molar-refractivity contribution >= 4 is 5.97 Å². The SMILES string of the molecule is COC(=O)c1cc(F)ccc1-c1nn(CC2CC2)cc1Cc1cnn(CC2CC2)c1. The van der Waals surface area contributed by atoms with Crippen molar-refractivity contribution in [3.63, 3.8) is 0 Å². The fourth-order valence-electron chi connectivity index (χ4n) is 3.86. The molecule has 1 aromatic carbocycles. The van der Waals surface area contributed by atoms with Gasteiger partial charge in [-0.3, -0.25) is 9.36 Å². The summed E-state index contributed by atoms with van der Waals surface area (Å²) in [5.41, 5.74) is 3.59. The molecule has 156 valence electrons. The van der Waals surface area contributed by atoms with Crippen molar-refractivity contribution in [1.82, 2.24) is 19.6 Å². The van der Waals surface area contributed by atoms with Crippen molar-refractivity contribution in [1.29, 1.82) is 0 Å². The summed E-state index contributed by atoms with van der Waals surface area (Å²) in [5, 5.41) is 9.28. The van der Waals surface area contributed by atoms with Crippen molar-refractivity contribution in [2.45, 2.75) is 45.2 Å². The topological polar surface area (TPSA) is 61.9 Å². The molecule has 7 heteroatoms. The van der Waals surface area contributed by atoms with E-state index in [-0.39, 0.29) is 5.56 Å². The number of nitrogens with zero attached hydrogens (tertiary/aromatic N) is 4. The summed E-state index contributed by atoms with van der Waals surface area (Å²) in [5.74, 6) is 0.389. The molecule has 30 heavy (non-hydrogen) atoms. The van der Waals surface area contributed by atoms with Crippen molar-refractivity contribution in [3.05, 3.63) is 59.3 Å². The molecular weight excluding hydrogens is 383 g/mol. The van der Waals surface area contributed by atoms with E-state index in [0.29, 0.717) is 23.6 Å². The first-order valence-corrected chi connectivity index (χ1v) is 10.5. The molecule has 0 spiro atoms. The van der Waals surface area contributed by atoms with Crippen LogP contribution >= 0.6 is 0 Å². The van der Waals surface area contributed by atoms with Crippen LogP contribution in [0.4, 0.5) is 4.39 Å². The smallest absolute Gasteiger partial charge is 0.338 e. The van der Waals surface area contributed by atoms with Gasteiger partial charge in [-0.15, -0.1) is 0 Å². The van der Waals surface area contributed by atoms with Crippen LogP contribution in [0, 0.1) is 17.7 Å². The summed E-state index contributed by atoms with van der Waals surface area (Å²) in [6, 6.07) is 4.20. The highest BCUT2D eigenvalue weighted by Gasteiger charge is 2.25. The summed E-state index contributed by atoms with van der Waals surface area (Å²) in [6.45, 7) is 1.83. The fraction of sp³-hybridized carbons (Fsp3) is 0.435. The molecule has 6 nitrogen and oxygen atoms in total. The number of ether oxygens (including phenoxy) is 1. The molecule has 2 aliphatic rings. The first-order valence-electron chi connectivity index (χ1n) is 10.5. The molecular formula is C23H25FN4O2. The van der Waals surface area contributed by atoms with E-state index < -0.39 is 11.8 Å². The third kappa shape index (κ3) is 4.15. The highest BCUT2D eigenvalue weighted by Crippen LogP contribution is 2.33. The van der Waals surface area contributed by atoms with E-state index in [4.69, 9.17) is 9.84 Å². The van der Waals surface area contributed by atoms with Crippen LogP contribution in [0.3, 0.4) is 0 Å². The van der Waals surface area contributed by atoms with Crippen LogP contribution in [-0.2, 0) is 24.2 Å². The average molecular weight is 408 g/mol. The van der Waals surface area contributed by atoms with Crippen molar-refractivity contribution < 1.29 is 13.9 Å². The van der Waals surface area contributed by atoms with Crippen molar-refractivity contribution in [2.24, 2.45) is 11.8 Å². The first-order chi connectivity index (χ1) is 14.6. The number of carbonyl (C=O) groups is 1. The minimum Gasteiger partial charge on any atom is -0.465 e. The van der Waals surface area contributed by atoms with Gasteiger partial charge in [0.05, 0.1) is 24.6 Å². The van der Waals surface area contributed by atoms with E-state index >= 15 is 0 Å². The monoisotopic (exact) mass is 408 g/mol. The highest BCUT2D eigenvalue weighted by molar-refractivity contribution is 5.97. The number of halogens is 1. The van der Waals surface area contributed by atoms with Gasteiger partial charge in [0.15, 0.2) is 0 Å². The standard InChI is InChI=1S/C23H25FN4O2/c1-30-23(29)21-9-19(24)6-7-20(21)22-18(14-28(26-22)12-16-4-5-16)8-17-10-25-27(13-17)11-15-2-3-15/h6-7,9-10,13-16H,2-5,8,11-12H2,1H3. The van der Waals surface area contributed by atoms with E-state index in [1.165, 1.54) is 44.9 Å². The average Bonchev–Trinajstić information content (AvgIpc) is 3.64. The van der Waals surface area contributed by atoms with Crippen LogP contribution in [0.15, 0.2) is 36.8 Å². The molecule has 0 radical (unpaired) electrons. The molecule has 2 aliphatic carbocycles. The zero-order valence-electron chi connectivity index (χ0n) is 17.1. The fourth-order valence-corrected chi connectivity index (χ4v) is 3.86. The molecule has 0 aliphatic heterocycles. The molecule has 0 atom stereocenters. The van der Waals surface area contributed by atoms with Crippen LogP contribution in [0.2, 0.25) is 0 Å². The quantitative estimate of drug-likeness (QED) is 0.527. The molecule has 0 amide bonds. The summed E-state index contributed by atoms with van der Waals surface area (Å²) < 4.78 is 22.7. The summed E-state index contributed by atoms with van der Waals surface area (Å²) in [6.07, 6.45) is 11.7. The minimum absolute atomic E-state index is 0.194. The number of methoxy groups -OCH3 is 1. The van der Waals surface area contributed by atoms with Gasteiger partial charge in [-0.25, -0.2) is 9.18 Å². The number of hydrogen-bond acceptors (Lipinski definition) is 4. The Kier molecular flexibility index (Phi) is 4.89. The lowest BCUT2D eigenvalue weighted by molar-refractivity contribution is 0.0601. The predicted octanol–water partition coefficient (Wildman–Crippen LogP) is 4.08. The summed E-state index contributed by atoms with van der Waals surface area (Å²) in [7, 11) is 1.30. The van der Waals surface area contributed by atoms with Crippen LogP contribution in [0.25, 0.3) is 11.3 Å². The van der Waals surface area contributed by atoms with Crippen molar-refractivity contribution in [3.8, 4) is 11.3 Å². The van der Waals surface area contributed by atoms with Gasteiger partial charge in [0.25, 0.3) is 0 Å². The molecule has 2 fully saturated rings. The van der Waals surface area contributed by atoms with Gasteiger partial charge in [0, 0.05) is 43.0 Å². The molecule has 5 rings (SSSR count). The van der Waals surface area contributed by atoms with Crippen molar-refractivity contribution in [2.75, 3.05) is 7.11 Å². The molecule has 3 aromatic rings. The Morgan fingerprint density at radius 3 is 2.57 bits per heavy atom. The van der Waals surface area contributed by atoms with Gasteiger partial charge in [0.2, 0.25) is 0 Å². The molecule has 0 unspecified atom stereocenters. The number of carbonyl (C=O) groups excluding carboxylic acids is 1. The highest BCUT2D eigenvalue weighted by atomic mass is 19.1. The zero-order chi connectivity index (χ0) is 20.7. The van der Waals surface area contributed by atoms with Gasteiger partial charge in [-0.2, -0.15) is 10.2 Å². The molecule has 0 bridgehead atoms. The van der Waals surface area contributed by atoms with E-state index in [1.807, 2.05) is 15.6 Å². The Hall–Kier alpha value is -2.96. The number of aromatic nitrogens is 4. The van der Waals surface area contributed by atoms with E-state index in [2.05, 4.69) is 17.5 Å². The van der Waals surface area contributed by atoms with Crippen LogP contribution in [0.1, 0.15) is 47.2 Å². The predicted molar refractivity (Wildman–Crippen MR) is 109 cm³/mol. The molecule has 0 saturated heterocycles. The summed E-state index contributed by atoms with van der Waals surface area (Å²) >= 11 is 0. The Balaban J connectivity index is 1.50. The molecule has 2 aromatic heterocycles. The maximum Gasteiger partial charge on any atom is 0.338 e. The minimum atomic E-state index is -0.565. The van der Waals surface area contributed by atoms with Gasteiger partial charge in [0.1, 0.15) is 5.82 Å².